The van der Waals surface area contributed by atoms with Crippen molar-refractivity contribution in [2.75, 3.05) is 18.4 Å². The van der Waals surface area contributed by atoms with Crippen LogP contribution in [0.2, 0.25) is 0 Å². The van der Waals surface area contributed by atoms with Gasteiger partial charge in [0.05, 0.1) is 13.1 Å². The van der Waals surface area contributed by atoms with Gasteiger partial charge in [-0.25, -0.2) is 4.99 Å². The Hall–Kier alpha value is -2.48. The van der Waals surface area contributed by atoms with Crippen LogP contribution in [0, 0.1) is 18.3 Å². The number of anilines is 1. The van der Waals surface area contributed by atoms with E-state index in [4.69, 9.17) is 6.42 Å². The number of terminal acetylenes is 1. The van der Waals surface area contributed by atoms with E-state index in [1.165, 1.54) is 0 Å². The van der Waals surface area contributed by atoms with E-state index in [2.05, 4.69) is 26.9 Å². The van der Waals surface area contributed by atoms with Gasteiger partial charge in [-0.05, 0) is 31.0 Å². The van der Waals surface area contributed by atoms with Gasteiger partial charge in [-0.1, -0.05) is 31.9 Å². The standard InChI is InChI=1S/C18H26N4O/c1-5-11-20-18(19-7-3)21-13-15-9-8-10-16(12-15)22-17(23)14(4)6-2/h1,8-10,12,14H,6-7,11,13H2,2-4H3,(H,22,23)(H2,19,20,21). The van der Waals surface area contributed by atoms with Gasteiger partial charge in [-0.2, -0.15) is 0 Å². The third-order valence-electron chi connectivity index (χ3n) is 3.38. The molecule has 3 N–H and O–H groups in total. The number of guanidine groups is 1. The lowest BCUT2D eigenvalue weighted by atomic mass is 10.1. The smallest absolute Gasteiger partial charge is 0.227 e. The van der Waals surface area contributed by atoms with Crippen molar-refractivity contribution in [3.05, 3.63) is 29.8 Å². The molecule has 23 heavy (non-hydrogen) atoms. The minimum Gasteiger partial charge on any atom is -0.357 e. The normalized spacial score (nSPS) is 12.2. The Morgan fingerprint density at radius 1 is 1.35 bits per heavy atom. The molecule has 124 valence electrons. The Morgan fingerprint density at radius 3 is 2.78 bits per heavy atom. The molecule has 0 fully saturated rings. The maximum Gasteiger partial charge on any atom is 0.227 e. The van der Waals surface area contributed by atoms with Crippen LogP contribution >= 0.6 is 0 Å². The zero-order valence-corrected chi connectivity index (χ0v) is 14.1. The van der Waals surface area contributed by atoms with Crippen LogP contribution in [0.15, 0.2) is 29.3 Å². The molecule has 5 nitrogen and oxygen atoms in total. The topological polar surface area (TPSA) is 65.5 Å². The van der Waals surface area contributed by atoms with Gasteiger partial charge in [0.2, 0.25) is 5.91 Å². The lowest BCUT2D eigenvalue weighted by Crippen LogP contribution is -2.37. The van der Waals surface area contributed by atoms with Crippen molar-refractivity contribution >= 4 is 17.6 Å². The van der Waals surface area contributed by atoms with Crippen molar-refractivity contribution in [3.63, 3.8) is 0 Å². The molecule has 1 unspecified atom stereocenters. The van der Waals surface area contributed by atoms with E-state index in [0.29, 0.717) is 19.0 Å². The zero-order chi connectivity index (χ0) is 17.1. The zero-order valence-electron chi connectivity index (χ0n) is 14.1. The Labute approximate surface area is 139 Å². The first-order chi connectivity index (χ1) is 11.1. The van der Waals surface area contributed by atoms with Gasteiger partial charge in [-0.15, -0.1) is 6.42 Å². The lowest BCUT2D eigenvalue weighted by Gasteiger charge is -2.11. The molecule has 1 aromatic rings. The highest BCUT2D eigenvalue weighted by Gasteiger charge is 2.10. The average molecular weight is 314 g/mol. The number of carbonyl (C=O) groups is 1. The minimum absolute atomic E-state index is 0.00463. The molecular weight excluding hydrogens is 288 g/mol. The summed E-state index contributed by atoms with van der Waals surface area (Å²) >= 11 is 0. The number of nitrogens with zero attached hydrogens (tertiary/aromatic N) is 1. The largest absolute Gasteiger partial charge is 0.357 e. The third-order valence-corrected chi connectivity index (χ3v) is 3.38. The van der Waals surface area contributed by atoms with Crippen LogP contribution in [0.3, 0.4) is 0 Å². The van der Waals surface area contributed by atoms with Crippen LogP contribution in [-0.2, 0) is 11.3 Å². The highest BCUT2D eigenvalue weighted by atomic mass is 16.1. The molecule has 0 spiro atoms. The molecule has 1 aromatic carbocycles. The van der Waals surface area contributed by atoms with Crippen molar-refractivity contribution in [1.29, 1.82) is 0 Å². The van der Waals surface area contributed by atoms with Crippen molar-refractivity contribution in [2.24, 2.45) is 10.9 Å². The Morgan fingerprint density at radius 2 is 2.13 bits per heavy atom. The van der Waals surface area contributed by atoms with Crippen molar-refractivity contribution in [1.82, 2.24) is 10.6 Å². The predicted octanol–water partition coefficient (Wildman–Crippen LogP) is 2.36. The van der Waals surface area contributed by atoms with Crippen LogP contribution in [0.25, 0.3) is 0 Å². The van der Waals surface area contributed by atoms with Gasteiger partial charge in [0.25, 0.3) is 0 Å². The molecule has 0 radical (unpaired) electrons. The summed E-state index contributed by atoms with van der Waals surface area (Å²) in [7, 11) is 0. The monoisotopic (exact) mass is 314 g/mol. The van der Waals surface area contributed by atoms with E-state index in [-0.39, 0.29) is 11.8 Å². The molecule has 5 heteroatoms. The van der Waals surface area contributed by atoms with E-state index in [9.17, 15) is 4.79 Å². The number of benzene rings is 1. The van der Waals surface area contributed by atoms with Crippen molar-refractivity contribution in [3.8, 4) is 12.3 Å². The maximum atomic E-state index is 11.9. The molecule has 1 atom stereocenters. The molecule has 0 heterocycles. The average Bonchev–Trinajstić information content (AvgIpc) is 2.56. The number of amides is 1. The Kier molecular flexibility index (Phi) is 8.30. The Bertz CT molecular complexity index is 575. The fraction of sp³-hybridized carbons (Fsp3) is 0.444. The van der Waals surface area contributed by atoms with Gasteiger partial charge in [0, 0.05) is 18.2 Å². The summed E-state index contributed by atoms with van der Waals surface area (Å²) in [5.41, 5.74) is 1.81. The molecular formula is C18H26N4O. The molecule has 0 saturated carbocycles. The van der Waals surface area contributed by atoms with Crippen molar-refractivity contribution < 1.29 is 4.79 Å². The third kappa shape index (κ3) is 6.88. The van der Waals surface area contributed by atoms with Gasteiger partial charge >= 0.3 is 0 Å². The quantitative estimate of drug-likeness (QED) is 0.411. The lowest BCUT2D eigenvalue weighted by molar-refractivity contribution is -0.119. The molecule has 0 saturated heterocycles. The Balaban J connectivity index is 2.72. The van der Waals surface area contributed by atoms with E-state index in [1.807, 2.05) is 45.0 Å². The number of nitrogens with one attached hydrogen (secondary N) is 3. The maximum absolute atomic E-state index is 11.9. The molecule has 0 bridgehead atoms. The molecule has 0 aliphatic rings. The summed E-state index contributed by atoms with van der Waals surface area (Å²) in [6.45, 7) is 7.62. The van der Waals surface area contributed by atoms with Crippen LogP contribution in [0.4, 0.5) is 5.69 Å². The summed E-state index contributed by atoms with van der Waals surface area (Å²) in [6.07, 6.45) is 6.07. The first-order valence-electron chi connectivity index (χ1n) is 7.96. The number of carbonyl (C=O) groups excluding carboxylic acids is 1. The minimum atomic E-state index is 0.00463. The van der Waals surface area contributed by atoms with Gasteiger partial charge in [-0.3, -0.25) is 4.79 Å². The summed E-state index contributed by atoms with van der Waals surface area (Å²) in [5.74, 6) is 3.25. The van der Waals surface area contributed by atoms with E-state index in [0.717, 1.165) is 24.2 Å². The van der Waals surface area contributed by atoms with Crippen LogP contribution in [0.5, 0.6) is 0 Å². The fourth-order valence-electron chi connectivity index (χ4n) is 1.85. The number of hydrogen-bond donors (Lipinski definition) is 3. The number of rotatable bonds is 7. The van der Waals surface area contributed by atoms with Crippen LogP contribution < -0.4 is 16.0 Å². The second-order valence-electron chi connectivity index (χ2n) is 5.25. The summed E-state index contributed by atoms with van der Waals surface area (Å²) in [6, 6.07) is 7.72. The van der Waals surface area contributed by atoms with E-state index in [1.54, 1.807) is 0 Å². The first kappa shape index (κ1) is 18.6. The molecule has 0 aromatic heterocycles. The second kappa shape index (κ2) is 10.3. The second-order valence-corrected chi connectivity index (χ2v) is 5.25. The SMILES string of the molecule is C#CCNC(=NCc1cccc(NC(=O)C(C)CC)c1)NCC. The predicted molar refractivity (Wildman–Crippen MR) is 96.2 cm³/mol. The van der Waals surface area contributed by atoms with E-state index >= 15 is 0 Å². The van der Waals surface area contributed by atoms with Gasteiger partial charge < -0.3 is 16.0 Å². The molecule has 0 aliphatic carbocycles. The first-order valence-corrected chi connectivity index (χ1v) is 7.96. The number of aliphatic imine (C=N–C) groups is 1. The highest BCUT2D eigenvalue weighted by Crippen LogP contribution is 2.13. The molecule has 1 rings (SSSR count). The summed E-state index contributed by atoms with van der Waals surface area (Å²) < 4.78 is 0. The van der Waals surface area contributed by atoms with Gasteiger partial charge in [0.1, 0.15) is 0 Å². The van der Waals surface area contributed by atoms with Crippen molar-refractivity contribution in [2.45, 2.75) is 33.7 Å². The molecule has 1 amide bonds. The van der Waals surface area contributed by atoms with Crippen LogP contribution in [0.1, 0.15) is 32.8 Å². The van der Waals surface area contributed by atoms with E-state index < -0.39 is 0 Å². The summed E-state index contributed by atoms with van der Waals surface area (Å²) in [4.78, 5) is 16.4. The summed E-state index contributed by atoms with van der Waals surface area (Å²) in [5, 5.41) is 9.11. The van der Waals surface area contributed by atoms with Gasteiger partial charge in [0.15, 0.2) is 5.96 Å². The number of hydrogen-bond acceptors (Lipinski definition) is 2. The highest BCUT2D eigenvalue weighted by molar-refractivity contribution is 5.92. The van der Waals surface area contributed by atoms with Crippen LogP contribution in [-0.4, -0.2) is 25.0 Å². The fourth-order valence-corrected chi connectivity index (χ4v) is 1.85. The molecule has 0 aliphatic heterocycles.